The number of methoxy groups -OCH3 is 2. The van der Waals surface area contributed by atoms with Crippen molar-refractivity contribution >= 4 is 21.5 Å². The fourth-order valence-electron chi connectivity index (χ4n) is 2.51. The number of anilines is 1. The van der Waals surface area contributed by atoms with Crippen LogP contribution >= 0.6 is 0 Å². The molecule has 0 fully saturated rings. The molecule has 1 aromatic carbocycles. The summed E-state index contributed by atoms with van der Waals surface area (Å²) in [6.45, 7) is 2.08. The molecule has 29 heavy (non-hydrogen) atoms. The lowest BCUT2D eigenvalue weighted by molar-refractivity contribution is 0.142. The highest BCUT2D eigenvalue weighted by molar-refractivity contribution is 7.95. The van der Waals surface area contributed by atoms with Crippen molar-refractivity contribution in [2.75, 3.05) is 32.5 Å². The Morgan fingerprint density at radius 1 is 1.10 bits per heavy atom. The second-order valence-corrected chi connectivity index (χ2v) is 7.44. The summed E-state index contributed by atoms with van der Waals surface area (Å²) < 4.78 is 41.3. The Morgan fingerprint density at radius 3 is 2.38 bits per heavy atom. The number of fused-ring (bicyclic) bond motifs is 1. The molecular weight excluding hydrogens is 402 g/mol. The molecule has 1 aliphatic heterocycles. The number of benzene rings is 1. The number of sulfone groups is 1. The van der Waals surface area contributed by atoms with Crippen LogP contribution in [-0.2, 0) is 14.6 Å². The van der Waals surface area contributed by atoms with Gasteiger partial charge in [0.25, 0.3) is 5.95 Å². The Balaban J connectivity index is 2.08. The number of aliphatic hydroxyl groups excluding tert-OH is 1. The molecule has 3 rings (SSSR count). The summed E-state index contributed by atoms with van der Waals surface area (Å²) in [5.41, 5.74) is 0.275. The van der Waals surface area contributed by atoms with Gasteiger partial charge in [-0.1, -0.05) is 12.1 Å². The monoisotopic (exact) mass is 421 g/mol. The number of hydrogen-bond donors (Lipinski definition) is 1. The number of azo groups is 1. The normalized spacial score (nSPS) is 15.5. The highest BCUT2D eigenvalue weighted by Crippen LogP contribution is 2.38. The van der Waals surface area contributed by atoms with E-state index in [2.05, 4.69) is 20.2 Å². The van der Waals surface area contributed by atoms with Crippen molar-refractivity contribution in [3.8, 4) is 11.8 Å². The highest BCUT2D eigenvalue weighted by Gasteiger charge is 2.37. The van der Waals surface area contributed by atoms with Crippen LogP contribution in [0.4, 0.5) is 11.6 Å². The molecule has 0 radical (unpaired) electrons. The van der Waals surface area contributed by atoms with Gasteiger partial charge < -0.3 is 19.3 Å². The Kier molecular flexibility index (Phi) is 5.94. The van der Waals surface area contributed by atoms with Gasteiger partial charge in [-0.25, -0.2) is 8.42 Å². The largest absolute Gasteiger partial charge is 0.492 e. The van der Waals surface area contributed by atoms with Gasteiger partial charge in [0.05, 0.1) is 30.9 Å². The fourth-order valence-corrected chi connectivity index (χ4v) is 3.93. The summed E-state index contributed by atoms with van der Waals surface area (Å²) in [7, 11) is -1.35. The molecule has 12 heteroatoms. The second kappa shape index (κ2) is 8.41. The molecule has 0 atom stereocenters. The number of hydrogen-bond acceptors (Lipinski definition) is 11. The molecule has 0 amide bonds. The first-order valence-electron chi connectivity index (χ1n) is 8.43. The van der Waals surface area contributed by atoms with E-state index >= 15 is 0 Å². The third kappa shape index (κ3) is 3.98. The first-order chi connectivity index (χ1) is 13.9. The fraction of sp³-hybridized carbons (Fsp3) is 0.294. The predicted molar refractivity (Wildman–Crippen MR) is 102 cm³/mol. The van der Waals surface area contributed by atoms with E-state index in [1.807, 2.05) is 0 Å². The summed E-state index contributed by atoms with van der Waals surface area (Å²) >= 11 is 0. The maximum atomic E-state index is 13.0. The van der Waals surface area contributed by atoms with E-state index in [1.165, 1.54) is 31.3 Å². The van der Waals surface area contributed by atoms with E-state index in [1.54, 1.807) is 25.1 Å². The van der Waals surface area contributed by atoms with Gasteiger partial charge in [0, 0.05) is 6.61 Å². The van der Waals surface area contributed by atoms with Crippen LogP contribution in [0.25, 0.3) is 0 Å². The molecule has 154 valence electrons. The first kappa shape index (κ1) is 20.5. The lowest BCUT2D eigenvalue weighted by Gasteiger charge is -2.29. The van der Waals surface area contributed by atoms with Crippen molar-refractivity contribution in [1.82, 2.24) is 9.97 Å². The zero-order valence-corrected chi connectivity index (χ0v) is 16.8. The molecule has 1 N–H and O–H groups in total. The van der Waals surface area contributed by atoms with Gasteiger partial charge in [-0.3, -0.25) is 4.90 Å². The molecule has 0 bridgehead atoms. The summed E-state index contributed by atoms with van der Waals surface area (Å²) in [6.07, 6.45) is 0. The molecule has 2 aromatic rings. The summed E-state index contributed by atoms with van der Waals surface area (Å²) in [6, 6.07) is 7.63. The quantitative estimate of drug-likeness (QED) is 0.669. The molecule has 11 nitrogen and oxygen atoms in total. The predicted octanol–water partition coefficient (Wildman–Crippen LogP) is 2.55. The van der Waals surface area contributed by atoms with E-state index < -0.39 is 20.7 Å². The standard InChI is InChI=1S/C17H19N5O6S/c1-4-28-10-22-11-7-5-6-8-12(11)29(24,25)15(16(22)23)20-21-17-18-13(26-2)9-14(19-17)27-3/h5-9,23H,4,10H2,1-3H3. The van der Waals surface area contributed by atoms with Crippen LogP contribution in [-0.4, -0.2) is 51.0 Å². The van der Waals surface area contributed by atoms with Crippen LogP contribution in [0.15, 0.2) is 56.4 Å². The maximum absolute atomic E-state index is 13.0. The van der Waals surface area contributed by atoms with E-state index in [0.717, 1.165) is 0 Å². The molecular formula is C17H19N5O6S. The average Bonchev–Trinajstić information content (AvgIpc) is 2.73. The maximum Gasteiger partial charge on any atom is 0.275 e. The zero-order chi connectivity index (χ0) is 21.0. The minimum Gasteiger partial charge on any atom is -0.492 e. The Labute approximate surface area is 167 Å². The Bertz CT molecular complexity index is 1050. The van der Waals surface area contributed by atoms with E-state index in [0.29, 0.717) is 6.61 Å². The number of para-hydroxylation sites is 1. The van der Waals surface area contributed by atoms with E-state index in [9.17, 15) is 13.5 Å². The smallest absolute Gasteiger partial charge is 0.275 e. The Hall–Kier alpha value is -3.25. The molecule has 1 aliphatic rings. The van der Waals surface area contributed by atoms with Gasteiger partial charge in [0.1, 0.15) is 6.73 Å². The summed E-state index contributed by atoms with van der Waals surface area (Å²) in [5.74, 6) is -0.514. The van der Waals surface area contributed by atoms with Crippen LogP contribution < -0.4 is 14.4 Å². The van der Waals surface area contributed by atoms with Gasteiger partial charge >= 0.3 is 0 Å². The third-order valence-electron chi connectivity index (χ3n) is 3.89. The molecule has 0 saturated heterocycles. The molecule has 0 unspecified atom stereocenters. The van der Waals surface area contributed by atoms with Gasteiger partial charge in [0.15, 0.2) is 0 Å². The summed E-state index contributed by atoms with van der Waals surface area (Å²) in [5, 5.41) is 17.5. The number of rotatable bonds is 7. The highest BCUT2D eigenvalue weighted by atomic mass is 32.2. The summed E-state index contributed by atoms with van der Waals surface area (Å²) in [4.78, 5) is 9.18. The molecule has 0 spiro atoms. The van der Waals surface area contributed by atoms with Crippen molar-refractivity contribution in [1.29, 1.82) is 0 Å². The lowest BCUT2D eigenvalue weighted by Crippen LogP contribution is -2.32. The minimum absolute atomic E-state index is 0.0319. The number of aliphatic hydroxyl groups is 1. The van der Waals surface area contributed by atoms with Gasteiger partial charge in [-0.2, -0.15) is 9.97 Å². The van der Waals surface area contributed by atoms with Crippen molar-refractivity contribution in [2.45, 2.75) is 11.8 Å². The first-order valence-corrected chi connectivity index (χ1v) is 9.92. The Morgan fingerprint density at radius 2 is 1.76 bits per heavy atom. The van der Waals surface area contributed by atoms with Crippen molar-refractivity contribution in [3.63, 3.8) is 0 Å². The lowest BCUT2D eigenvalue weighted by atomic mass is 10.3. The van der Waals surface area contributed by atoms with Crippen molar-refractivity contribution in [3.05, 3.63) is 41.2 Å². The third-order valence-corrected chi connectivity index (χ3v) is 5.59. The van der Waals surface area contributed by atoms with Crippen LogP contribution in [0.1, 0.15) is 6.92 Å². The van der Waals surface area contributed by atoms with Gasteiger partial charge in [-0.15, -0.1) is 10.2 Å². The van der Waals surface area contributed by atoms with Crippen molar-refractivity contribution in [2.24, 2.45) is 10.2 Å². The number of aromatic nitrogens is 2. The van der Waals surface area contributed by atoms with Gasteiger partial charge in [0.2, 0.25) is 32.5 Å². The average molecular weight is 421 g/mol. The second-order valence-electron chi connectivity index (χ2n) is 5.60. The van der Waals surface area contributed by atoms with Crippen molar-refractivity contribution < 1.29 is 27.7 Å². The van der Waals surface area contributed by atoms with Crippen LogP contribution in [0.5, 0.6) is 11.8 Å². The van der Waals surface area contributed by atoms with Crippen LogP contribution in [0.2, 0.25) is 0 Å². The molecule has 0 aliphatic carbocycles. The van der Waals surface area contributed by atoms with Crippen LogP contribution in [0.3, 0.4) is 0 Å². The number of nitrogens with zero attached hydrogens (tertiary/aromatic N) is 5. The molecule has 1 aromatic heterocycles. The number of ether oxygens (including phenoxy) is 3. The molecule has 2 heterocycles. The van der Waals surface area contributed by atoms with E-state index in [4.69, 9.17) is 14.2 Å². The molecule has 0 saturated carbocycles. The minimum atomic E-state index is -4.14. The SMILES string of the molecule is CCOCN1C(O)=C(N=Nc2nc(OC)cc(OC)n2)S(=O)(=O)c2ccccc21. The zero-order valence-electron chi connectivity index (χ0n) is 15.9. The van der Waals surface area contributed by atoms with Gasteiger partial charge in [-0.05, 0) is 19.1 Å². The van der Waals surface area contributed by atoms with Crippen LogP contribution in [0, 0.1) is 0 Å². The van der Waals surface area contributed by atoms with E-state index in [-0.39, 0.29) is 35.0 Å². The topological polar surface area (TPSA) is 136 Å².